The molecule has 6 unspecified atom stereocenters. The molecule has 0 radical (unpaired) electrons. The van der Waals surface area contributed by atoms with Crippen LogP contribution in [0.1, 0.15) is 44.9 Å². The van der Waals surface area contributed by atoms with Gasteiger partial charge in [-0.25, -0.2) is 0 Å². The fraction of sp³-hybridized carbons (Fsp3) is 0.857. The minimum Gasteiger partial charge on any atom is -0.481 e. The number of aliphatic hydroxyl groups excluding tert-OH is 1. The topological polar surface area (TPSA) is 159 Å². The molecule has 5 N–H and O–H groups in total. The van der Waals surface area contributed by atoms with Gasteiger partial charge in [-0.2, -0.15) is 0 Å². The number of hydrogen-bond acceptors (Lipinski definition) is 9. The summed E-state index contributed by atoms with van der Waals surface area (Å²) in [6.07, 6.45) is 2.53. The average molecular weight is 507 g/mol. The van der Waals surface area contributed by atoms with Crippen molar-refractivity contribution in [3.8, 4) is 0 Å². The Morgan fingerprint density at radius 1 is 0.788 bits per heavy atom. The summed E-state index contributed by atoms with van der Waals surface area (Å²) in [6.45, 7) is 0.762. The maximum Gasteiger partial charge on any atom is 0.317 e. The third kappa shape index (κ3) is 7.22. The van der Waals surface area contributed by atoms with Gasteiger partial charge in [-0.3, -0.25) is 24.2 Å². The monoisotopic (exact) mass is 506 g/mol. The zero-order valence-electron chi connectivity index (χ0n) is 18.5. The Balaban J connectivity index is 1.87. The predicted octanol–water partition coefficient (Wildman–Crippen LogP) is 1.01. The van der Waals surface area contributed by atoms with Crippen molar-refractivity contribution >= 4 is 39.5 Å². The summed E-state index contributed by atoms with van der Waals surface area (Å²) >= 11 is 0. The van der Waals surface area contributed by atoms with Crippen molar-refractivity contribution in [1.29, 1.82) is 0 Å². The van der Waals surface area contributed by atoms with E-state index in [1.165, 1.54) is 0 Å². The molecule has 0 aromatic heterocycles. The first kappa shape index (κ1) is 26.6. The van der Waals surface area contributed by atoms with E-state index < -0.39 is 30.1 Å². The highest BCUT2D eigenvalue weighted by Gasteiger charge is 2.42. The van der Waals surface area contributed by atoms with Gasteiger partial charge in [0.25, 0.3) is 0 Å². The van der Waals surface area contributed by atoms with Crippen molar-refractivity contribution in [2.75, 3.05) is 26.2 Å². The molecule has 3 fully saturated rings. The number of carboxylic acid groups (broad SMARTS) is 3. The lowest BCUT2D eigenvalue weighted by molar-refractivity contribution is -0.144. The van der Waals surface area contributed by atoms with Crippen LogP contribution in [0, 0.1) is 11.8 Å². The minimum atomic E-state index is -1.42. The standard InChI is InChI=1S/C21H34N2O8S2/c24-18(25)10-22-6-1-7-23(11-19(26)27)15-5-3-13(21(30)31)9-17(15)33-32-16-8-12(20(28)29)2-4-14(16)22/h12-17,20,28-29H,1-11H2,(H,24,25)(H,26,27)(H,30,31). The first-order valence-electron chi connectivity index (χ1n) is 11.5. The summed E-state index contributed by atoms with van der Waals surface area (Å²) < 4.78 is 0. The molecule has 0 aromatic carbocycles. The summed E-state index contributed by atoms with van der Waals surface area (Å²) in [5.41, 5.74) is 0. The number of aliphatic hydroxyl groups is 2. The van der Waals surface area contributed by atoms with Crippen LogP contribution in [0.25, 0.3) is 0 Å². The number of nitrogens with zero attached hydrogens (tertiary/aromatic N) is 2. The molecule has 0 aromatic rings. The van der Waals surface area contributed by atoms with E-state index >= 15 is 0 Å². The number of carboxylic acids is 3. The molecule has 10 nitrogen and oxygen atoms in total. The summed E-state index contributed by atoms with van der Waals surface area (Å²) in [4.78, 5) is 38.7. The van der Waals surface area contributed by atoms with Gasteiger partial charge in [0, 0.05) is 41.6 Å². The van der Waals surface area contributed by atoms with E-state index in [2.05, 4.69) is 0 Å². The second-order valence-electron chi connectivity index (χ2n) is 9.32. The smallest absolute Gasteiger partial charge is 0.317 e. The van der Waals surface area contributed by atoms with E-state index in [1.54, 1.807) is 21.6 Å². The molecule has 1 heterocycles. The largest absolute Gasteiger partial charge is 0.481 e. The molecule has 0 bridgehead atoms. The van der Waals surface area contributed by atoms with Gasteiger partial charge in [0.15, 0.2) is 6.29 Å². The number of carbonyl (C=O) groups is 3. The molecule has 0 amide bonds. The third-order valence-corrected chi connectivity index (χ3v) is 10.6. The van der Waals surface area contributed by atoms with Crippen LogP contribution < -0.4 is 0 Å². The molecule has 2 saturated carbocycles. The Hall–Kier alpha value is -1.05. The van der Waals surface area contributed by atoms with Crippen molar-refractivity contribution in [3.05, 3.63) is 0 Å². The highest BCUT2D eigenvalue weighted by atomic mass is 33.1. The van der Waals surface area contributed by atoms with Gasteiger partial charge in [-0.1, -0.05) is 21.6 Å². The molecule has 2 aliphatic carbocycles. The second-order valence-corrected chi connectivity index (χ2v) is 12.1. The lowest BCUT2D eigenvalue weighted by atomic mass is 9.84. The number of hydrogen-bond donors (Lipinski definition) is 5. The van der Waals surface area contributed by atoms with Crippen LogP contribution in [0.4, 0.5) is 0 Å². The highest BCUT2D eigenvalue weighted by molar-refractivity contribution is 8.77. The quantitative estimate of drug-likeness (QED) is 0.257. The van der Waals surface area contributed by atoms with Gasteiger partial charge in [0.2, 0.25) is 0 Å². The van der Waals surface area contributed by atoms with Gasteiger partial charge in [0.1, 0.15) is 0 Å². The van der Waals surface area contributed by atoms with Crippen molar-refractivity contribution in [2.45, 2.75) is 73.8 Å². The van der Waals surface area contributed by atoms with Crippen LogP contribution in [0.2, 0.25) is 0 Å². The van der Waals surface area contributed by atoms with Crippen molar-refractivity contribution in [2.24, 2.45) is 11.8 Å². The third-order valence-electron chi connectivity index (χ3n) is 7.13. The molecule has 188 valence electrons. The lowest BCUT2D eigenvalue weighted by Gasteiger charge is -2.42. The average Bonchev–Trinajstić information content (AvgIpc) is 2.77. The fourth-order valence-electron chi connectivity index (χ4n) is 5.49. The van der Waals surface area contributed by atoms with E-state index in [0.717, 1.165) is 0 Å². The van der Waals surface area contributed by atoms with Crippen molar-refractivity contribution < 1.29 is 39.9 Å². The number of fused-ring (bicyclic) bond motifs is 2. The first-order chi connectivity index (χ1) is 15.7. The van der Waals surface area contributed by atoms with Gasteiger partial charge >= 0.3 is 17.9 Å². The molecule has 1 saturated heterocycles. The molecular formula is C21H34N2O8S2. The van der Waals surface area contributed by atoms with Crippen LogP contribution in [0.15, 0.2) is 0 Å². The summed E-state index contributed by atoms with van der Waals surface area (Å²) in [5, 5.41) is 47.9. The highest BCUT2D eigenvalue weighted by Crippen LogP contribution is 2.47. The van der Waals surface area contributed by atoms with Crippen LogP contribution >= 0.6 is 21.6 Å². The van der Waals surface area contributed by atoms with Crippen molar-refractivity contribution in [1.82, 2.24) is 9.80 Å². The van der Waals surface area contributed by atoms with Gasteiger partial charge in [-0.15, -0.1) is 0 Å². The lowest BCUT2D eigenvalue weighted by Crippen LogP contribution is -2.50. The second kappa shape index (κ2) is 12.1. The van der Waals surface area contributed by atoms with E-state index in [-0.39, 0.29) is 41.6 Å². The van der Waals surface area contributed by atoms with E-state index in [4.69, 9.17) is 0 Å². The van der Waals surface area contributed by atoms with Crippen LogP contribution in [-0.4, -0.2) is 108 Å². The Kier molecular flexibility index (Phi) is 9.72. The zero-order valence-corrected chi connectivity index (χ0v) is 20.1. The number of aliphatic carboxylic acids is 3. The maximum atomic E-state index is 11.7. The molecular weight excluding hydrogens is 472 g/mol. The Morgan fingerprint density at radius 3 is 1.79 bits per heavy atom. The summed E-state index contributed by atoms with van der Waals surface area (Å²) in [7, 11) is 3.15. The van der Waals surface area contributed by atoms with Crippen LogP contribution in [0.3, 0.4) is 0 Å². The normalized spacial score (nSPS) is 34.6. The summed E-state index contributed by atoms with van der Waals surface area (Å²) in [6, 6.07) is -0.113. The summed E-state index contributed by atoms with van der Waals surface area (Å²) in [5.74, 6) is -3.43. The maximum absolute atomic E-state index is 11.7. The van der Waals surface area contributed by atoms with E-state index in [9.17, 15) is 39.9 Å². The first-order valence-corrected chi connectivity index (χ1v) is 13.8. The molecule has 12 heteroatoms. The van der Waals surface area contributed by atoms with Gasteiger partial charge in [0.05, 0.1) is 19.0 Å². The molecule has 1 aliphatic heterocycles. The zero-order chi connectivity index (χ0) is 24.1. The molecule has 6 atom stereocenters. The molecule has 3 aliphatic rings. The molecule has 33 heavy (non-hydrogen) atoms. The molecule has 0 spiro atoms. The fourth-order valence-corrected chi connectivity index (χ4v) is 9.38. The number of rotatable bonds is 6. The Morgan fingerprint density at radius 2 is 1.30 bits per heavy atom. The molecule has 3 rings (SSSR count). The van der Waals surface area contributed by atoms with Gasteiger partial charge < -0.3 is 25.5 Å². The Labute approximate surface area is 201 Å². The SMILES string of the molecule is O=C(O)CN1CCCN(CC(=O)O)C2CCC(C(O)O)CC2SSC2CC(C(=O)O)CCC21. The Bertz CT molecular complexity index is 712. The predicted molar refractivity (Wildman–Crippen MR) is 124 cm³/mol. The minimum absolute atomic E-state index is 0.0354. The van der Waals surface area contributed by atoms with E-state index in [0.29, 0.717) is 58.0 Å². The van der Waals surface area contributed by atoms with Gasteiger partial charge in [-0.05, 0) is 44.9 Å². The van der Waals surface area contributed by atoms with E-state index in [1.807, 2.05) is 9.80 Å². The van der Waals surface area contributed by atoms with Crippen LogP contribution in [-0.2, 0) is 14.4 Å². The van der Waals surface area contributed by atoms with Crippen molar-refractivity contribution in [3.63, 3.8) is 0 Å². The van der Waals surface area contributed by atoms with Crippen LogP contribution in [0.5, 0.6) is 0 Å².